The molecule has 0 bridgehead atoms. The Morgan fingerprint density at radius 1 is 0.941 bits per heavy atom. The van der Waals surface area contributed by atoms with Crippen LogP contribution in [0.15, 0.2) is 11.6 Å². The number of aliphatic hydroxyl groups excluding tert-OH is 1. The predicted octanol–water partition coefficient (Wildman–Crippen LogP) is 2.76. The normalized spacial score (nSPS) is 53.7. The summed E-state index contributed by atoms with van der Waals surface area (Å²) in [5.74, 6) is 1.42. The SMILES string of the molecule is C[C@H]1[C@H](C)CC[C@]2(C(=O)[O-])CC[C@]3(C)C(=CC[C@@H]4[C@@]5(C)CC[C@H](O)C(C)(C)[C@@H]5CC[C@]43C)[C@H]12.[K+]. The number of allylic oxidation sites excluding steroid dienone is 2. The molecule has 0 saturated heterocycles. The van der Waals surface area contributed by atoms with Crippen molar-refractivity contribution in [2.24, 2.45) is 56.7 Å². The van der Waals surface area contributed by atoms with Crippen molar-refractivity contribution >= 4 is 5.97 Å². The molecule has 5 rings (SSSR count). The van der Waals surface area contributed by atoms with Crippen LogP contribution in [-0.2, 0) is 4.79 Å². The van der Waals surface area contributed by atoms with E-state index < -0.39 is 11.4 Å². The number of aliphatic hydroxyl groups is 1. The van der Waals surface area contributed by atoms with Crippen molar-refractivity contribution in [2.75, 3.05) is 0 Å². The third-order valence-corrected chi connectivity index (χ3v) is 13.4. The van der Waals surface area contributed by atoms with Crippen molar-refractivity contribution in [3.05, 3.63) is 11.6 Å². The van der Waals surface area contributed by atoms with Gasteiger partial charge in [-0.05, 0) is 109 Å². The molecule has 0 spiro atoms. The van der Waals surface area contributed by atoms with E-state index in [4.69, 9.17) is 0 Å². The third kappa shape index (κ3) is 3.33. The Morgan fingerprint density at radius 3 is 2.26 bits per heavy atom. The van der Waals surface area contributed by atoms with Crippen LogP contribution in [-0.4, -0.2) is 17.2 Å². The fourth-order valence-electron chi connectivity index (χ4n) is 10.8. The van der Waals surface area contributed by atoms with Gasteiger partial charge in [0.05, 0.1) is 6.10 Å². The van der Waals surface area contributed by atoms with Crippen molar-refractivity contribution in [2.45, 2.75) is 112 Å². The zero-order valence-electron chi connectivity index (χ0n) is 23.2. The number of carbonyl (C=O) groups is 1. The molecule has 186 valence electrons. The second kappa shape index (κ2) is 8.66. The number of aliphatic carboxylic acids is 1. The Hall–Kier alpha value is 0.806. The molecule has 0 aromatic carbocycles. The maximum atomic E-state index is 12.7. The van der Waals surface area contributed by atoms with Gasteiger partial charge in [-0.1, -0.05) is 60.1 Å². The summed E-state index contributed by atoms with van der Waals surface area (Å²) in [4.78, 5) is 12.7. The molecule has 0 radical (unpaired) electrons. The average Bonchev–Trinajstić information content (AvgIpc) is 2.74. The van der Waals surface area contributed by atoms with Gasteiger partial charge >= 0.3 is 51.4 Å². The van der Waals surface area contributed by atoms with Gasteiger partial charge in [0.2, 0.25) is 0 Å². The molecule has 4 heteroatoms. The minimum Gasteiger partial charge on any atom is -0.550 e. The van der Waals surface area contributed by atoms with Gasteiger partial charge in [0.1, 0.15) is 0 Å². The van der Waals surface area contributed by atoms with E-state index in [0.717, 1.165) is 44.9 Å². The number of rotatable bonds is 1. The molecule has 5 aliphatic carbocycles. The average molecular weight is 495 g/mol. The first kappa shape index (κ1) is 27.8. The van der Waals surface area contributed by atoms with Gasteiger partial charge in [0.25, 0.3) is 0 Å². The Bertz CT molecular complexity index is 880. The van der Waals surface area contributed by atoms with E-state index in [9.17, 15) is 15.0 Å². The second-order valence-electron chi connectivity index (χ2n) is 14.5. The van der Waals surface area contributed by atoms with Crippen LogP contribution >= 0.6 is 0 Å². The van der Waals surface area contributed by atoms with Crippen molar-refractivity contribution in [3.63, 3.8) is 0 Å². The summed E-state index contributed by atoms with van der Waals surface area (Å²) in [6, 6.07) is 0. The van der Waals surface area contributed by atoms with Gasteiger partial charge in [0, 0.05) is 11.4 Å². The van der Waals surface area contributed by atoms with Gasteiger partial charge in [-0.15, -0.1) is 0 Å². The molecule has 1 N–H and O–H groups in total. The molecule has 4 saturated carbocycles. The van der Waals surface area contributed by atoms with E-state index in [-0.39, 0.29) is 85.1 Å². The topological polar surface area (TPSA) is 60.4 Å². The fraction of sp³-hybridized carbons (Fsp3) is 0.900. The van der Waals surface area contributed by atoms with Gasteiger partial charge in [0.15, 0.2) is 0 Å². The van der Waals surface area contributed by atoms with E-state index in [1.165, 1.54) is 18.4 Å². The van der Waals surface area contributed by atoms with E-state index in [1.807, 2.05) is 0 Å². The largest absolute Gasteiger partial charge is 1.00 e. The number of fused-ring (bicyclic) bond motifs is 7. The minimum absolute atomic E-state index is 0. The minimum atomic E-state index is -0.792. The maximum absolute atomic E-state index is 12.7. The third-order valence-electron chi connectivity index (χ3n) is 13.4. The first-order chi connectivity index (χ1) is 15.3. The van der Waals surface area contributed by atoms with Crippen LogP contribution in [0, 0.1) is 56.7 Å². The van der Waals surface area contributed by atoms with E-state index in [2.05, 4.69) is 54.5 Å². The van der Waals surface area contributed by atoms with Crippen LogP contribution in [0.2, 0.25) is 0 Å². The molecular weight excluding hydrogens is 447 g/mol. The Kier molecular flexibility index (Phi) is 7.09. The quantitative estimate of drug-likeness (QED) is 0.450. The summed E-state index contributed by atoms with van der Waals surface area (Å²) in [5.41, 5.74) is 1.24. The van der Waals surface area contributed by atoms with Gasteiger partial charge in [-0.2, -0.15) is 0 Å². The summed E-state index contributed by atoms with van der Waals surface area (Å²) in [6.07, 6.45) is 11.3. The number of carboxylic acids is 1. The van der Waals surface area contributed by atoms with Crippen LogP contribution in [0.25, 0.3) is 0 Å². The maximum Gasteiger partial charge on any atom is 1.00 e. The van der Waals surface area contributed by atoms with Crippen molar-refractivity contribution in [1.29, 1.82) is 0 Å². The van der Waals surface area contributed by atoms with E-state index >= 15 is 0 Å². The van der Waals surface area contributed by atoms with E-state index in [0.29, 0.717) is 23.7 Å². The molecule has 0 unspecified atom stereocenters. The number of hydrogen-bond acceptors (Lipinski definition) is 3. The number of hydrogen-bond donors (Lipinski definition) is 1. The van der Waals surface area contributed by atoms with Crippen LogP contribution in [0.3, 0.4) is 0 Å². The summed E-state index contributed by atoms with van der Waals surface area (Å²) < 4.78 is 0. The van der Waals surface area contributed by atoms with Gasteiger partial charge in [-0.3, -0.25) is 0 Å². The molecule has 34 heavy (non-hydrogen) atoms. The molecule has 0 aromatic rings. The molecular formula is C30H47KO3. The molecule has 0 aliphatic heterocycles. The van der Waals surface area contributed by atoms with E-state index in [1.54, 1.807) is 0 Å². The molecule has 0 amide bonds. The summed E-state index contributed by atoms with van der Waals surface area (Å²) in [7, 11) is 0. The number of carbonyl (C=O) groups excluding carboxylic acids is 1. The Balaban J connectivity index is 0.00000274. The summed E-state index contributed by atoms with van der Waals surface area (Å²) >= 11 is 0. The zero-order chi connectivity index (χ0) is 24.2. The van der Waals surface area contributed by atoms with Crippen LogP contribution in [0.1, 0.15) is 106 Å². The fourth-order valence-corrected chi connectivity index (χ4v) is 10.8. The molecule has 0 heterocycles. The molecule has 10 atom stereocenters. The standard InChI is InChI=1S/C30H48O3.K/c1-18-10-15-30(25(32)33)17-16-28(6)20(24(30)19(18)2)8-9-22-27(5)13-12-23(31)26(3,4)21(27)11-14-29(22,28)7;/h8,18-19,21-24,31H,9-17H2,1-7H3,(H,32,33);/q;+1/p-1/t18-,19+,21+,22-,23+,24+,27+,28-,29-,30+;/m1./s1. The Morgan fingerprint density at radius 2 is 1.62 bits per heavy atom. The second-order valence-corrected chi connectivity index (χ2v) is 14.5. The van der Waals surface area contributed by atoms with Gasteiger partial charge in [-0.25, -0.2) is 0 Å². The smallest absolute Gasteiger partial charge is 0.550 e. The number of carboxylic acid groups (broad SMARTS) is 1. The zero-order valence-corrected chi connectivity index (χ0v) is 26.3. The van der Waals surface area contributed by atoms with Gasteiger partial charge < -0.3 is 15.0 Å². The molecule has 4 fully saturated rings. The first-order valence-electron chi connectivity index (χ1n) is 13.9. The molecule has 0 aromatic heterocycles. The summed E-state index contributed by atoms with van der Waals surface area (Å²) in [5, 5.41) is 23.6. The van der Waals surface area contributed by atoms with Crippen molar-refractivity contribution in [1.82, 2.24) is 0 Å². The molecule has 5 aliphatic rings. The molecule has 3 nitrogen and oxygen atoms in total. The van der Waals surface area contributed by atoms with Crippen molar-refractivity contribution in [3.8, 4) is 0 Å². The Labute approximate surface area is 250 Å². The van der Waals surface area contributed by atoms with Crippen LogP contribution in [0.4, 0.5) is 0 Å². The monoisotopic (exact) mass is 494 g/mol. The van der Waals surface area contributed by atoms with Crippen LogP contribution < -0.4 is 56.5 Å². The summed E-state index contributed by atoms with van der Waals surface area (Å²) in [6.45, 7) is 16.8. The van der Waals surface area contributed by atoms with Crippen LogP contribution in [0.5, 0.6) is 0 Å². The van der Waals surface area contributed by atoms with Crippen molar-refractivity contribution < 1.29 is 66.4 Å². The first-order valence-corrected chi connectivity index (χ1v) is 13.9. The predicted molar refractivity (Wildman–Crippen MR) is 130 cm³/mol.